The largest absolute Gasteiger partial charge is 0.475 e. The highest BCUT2D eigenvalue weighted by molar-refractivity contribution is 9.10. The molecule has 2 rings (SSSR count). The predicted octanol–water partition coefficient (Wildman–Crippen LogP) is 1.87. The van der Waals surface area contributed by atoms with Gasteiger partial charge in [-0.25, -0.2) is 13.2 Å². The predicted molar refractivity (Wildman–Crippen MR) is 74.0 cm³/mol. The lowest BCUT2D eigenvalue weighted by Crippen LogP contribution is -2.44. The number of hydrogen-bond donors (Lipinski definition) is 1. The Kier molecular flexibility index (Phi) is 4.29. The molecule has 0 amide bonds. The van der Waals surface area contributed by atoms with Gasteiger partial charge >= 0.3 is 5.97 Å². The first-order chi connectivity index (χ1) is 8.84. The van der Waals surface area contributed by atoms with Crippen LogP contribution in [0.5, 0.6) is 0 Å². The highest BCUT2D eigenvalue weighted by Gasteiger charge is 2.35. The van der Waals surface area contributed by atoms with Crippen LogP contribution in [0.3, 0.4) is 0 Å². The molecular formula is C10H12BrNO5S2. The van der Waals surface area contributed by atoms with E-state index in [1.165, 1.54) is 4.31 Å². The minimum Gasteiger partial charge on any atom is -0.475 e. The van der Waals surface area contributed by atoms with Gasteiger partial charge in [0.05, 0.1) is 0 Å². The smallest absolute Gasteiger partial charge is 0.371 e. The Hall–Kier alpha value is -0.510. The van der Waals surface area contributed by atoms with Crippen molar-refractivity contribution in [3.8, 4) is 0 Å². The Morgan fingerprint density at radius 2 is 2.32 bits per heavy atom. The third-order valence-electron chi connectivity index (χ3n) is 2.76. The summed E-state index contributed by atoms with van der Waals surface area (Å²) in [6.45, 7) is 2.24. The number of rotatable bonds is 3. The zero-order valence-electron chi connectivity index (χ0n) is 10.00. The SMILES string of the molecule is CC1CSCCN1S(=O)(=O)c1cc(C(=O)O)oc1Br. The van der Waals surface area contributed by atoms with Crippen molar-refractivity contribution in [3.05, 3.63) is 16.5 Å². The Labute approximate surface area is 123 Å². The van der Waals surface area contributed by atoms with Crippen molar-refractivity contribution in [1.29, 1.82) is 0 Å². The number of carbonyl (C=O) groups is 1. The molecule has 1 aliphatic rings. The van der Waals surface area contributed by atoms with Crippen LogP contribution >= 0.6 is 27.7 Å². The lowest BCUT2D eigenvalue weighted by Gasteiger charge is -2.31. The van der Waals surface area contributed by atoms with Crippen molar-refractivity contribution in [2.75, 3.05) is 18.1 Å². The molecule has 1 atom stereocenters. The molecule has 6 nitrogen and oxygen atoms in total. The first kappa shape index (κ1) is 14.9. The molecule has 0 bridgehead atoms. The van der Waals surface area contributed by atoms with Gasteiger partial charge in [-0.1, -0.05) is 0 Å². The number of hydrogen-bond acceptors (Lipinski definition) is 5. The van der Waals surface area contributed by atoms with E-state index in [1.54, 1.807) is 11.8 Å². The second-order valence-electron chi connectivity index (χ2n) is 4.09. The number of furan rings is 1. The third kappa shape index (κ3) is 2.83. The van der Waals surface area contributed by atoms with E-state index in [0.717, 1.165) is 17.6 Å². The zero-order valence-corrected chi connectivity index (χ0v) is 13.2. The van der Waals surface area contributed by atoms with Crippen LogP contribution in [-0.2, 0) is 10.0 Å². The van der Waals surface area contributed by atoms with Gasteiger partial charge in [0.2, 0.25) is 15.8 Å². The van der Waals surface area contributed by atoms with Gasteiger partial charge in [-0.3, -0.25) is 0 Å². The van der Waals surface area contributed by atoms with E-state index >= 15 is 0 Å². The lowest BCUT2D eigenvalue weighted by atomic mass is 10.4. The normalized spacial score (nSPS) is 21.5. The Morgan fingerprint density at radius 3 is 2.84 bits per heavy atom. The van der Waals surface area contributed by atoms with Gasteiger partial charge in [-0.2, -0.15) is 16.1 Å². The molecule has 1 aromatic heterocycles. The molecule has 1 saturated heterocycles. The highest BCUT2D eigenvalue weighted by atomic mass is 79.9. The summed E-state index contributed by atoms with van der Waals surface area (Å²) in [6.07, 6.45) is 0. The lowest BCUT2D eigenvalue weighted by molar-refractivity contribution is 0.0661. The number of aromatic carboxylic acids is 1. The fraction of sp³-hybridized carbons (Fsp3) is 0.500. The van der Waals surface area contributed by atoms with E-state index in [-0.39, 0.29) is 15.6 Å². The van der Waals surface area contributed by atoms with E-state index in [4.69, 9.17) is 9.52 Å². The molecule has 1 fully saturated rings. The number of carboxylic acid groups (broad SMARTS) is 1. The number of nitrogens with zero attached hydrogens (tertiary/aromatic N) is 1. The topological polar surface area (TPSA) is 87.8 Å². The van der Waals surface area contributed by atoms with Crippen LogP contribution in [0.15, 0.2) is 20.0 Å². The van der Waals surface area contributed by atoms with E-state index in [0.29, 0.717) is 6.54 Å². The molecule has 0 saturated carbocycles. The first-order valence-corrected chi connectivity index (χ1v) is 8.85. The number of carboxylic acids is 1. The molecule has 1 unspecified atom stereocenters. The van der Waals surface area contributed by atoms with Crippen LogP contribution in [0.25, 0.3) is 0 Å². The van der Waals surface area contributed by atoms with Crippen molar-refractivity contribution in [2.24, 2.45) is 0 Å². The average Bonchev–Trinajstić information content (AvgIpc) is 2.72. The van der Waals surface area contributed by atoms with Gasteiger partial charge in [0, 0.05) is 30.2 Å². The van der Waals surface area contributed by atoms with E-state index in [9.17, 15) is 13.2 Å². The molecule has 0 spiro atoms. The number of halogens is 1. The molecule has 1 aromatic rings. The van der Waals surface area contributed by atoms with E-state index < -0.39 is 21.8 Å². The Morgan fingerprint density at radius 1 is 1.63 bits per heavy atom. The van der Waals surface area contributed by atoms with Gasteiger partial charge in [0.25, 0.3) is 0 Å². The van der Waals surface area contributed by atoms with Crippen LogP contribution in [0.1, 0.15) is 17.5 Å². The molecule has 0 aromatic carbocycles. The number of thioether (sulfide) groups is 1. The second kappa shape index (κ2) is 5.47. The first-order valence-electron chi connectivity index (χ1n) is 5.46. The minimum atomic E-state index is -3.74. The molecule has 1 N–H and O–H groups in total. The molecule has 0 aliphatic carbocycles. The fourth-order valence-corrected chi connectivity index (χ4v) is 5.59. The van der Waals surface area contributed by atoms with Crippen LogP contribution in [0.2, 0.25) is 0 Å². The molecule has 106 valence electrons. The molecule has 19 heavy (non-hydrogen) atoms. The van der Waals surface area contributed by atoms with Crippen molar-refractivity contribution in [2.45, 2.75) is 17.9 Å². The van der Waals surface area contributed by atoms with Crippen molar-refractivity contribution in [1.82, 2.24) is 4.31 Å². The molecule has 1 aliphatic heterocycles. The minimum absolute atomic E-state index is 0.0738. The second-order valence-corrected chi connectivity index (χ2v) is 7.82. The quantitative estimate of drug-likeness (QED) is 0.874. The standard InChI is InChI=1S/C10H12BrNO5S2/c1-6-5-18-3-2-12(6)19(15,16)8-4-7(10(13)14)17-9(8)11/h4,6H,2-3,5H2,1H3,(H,13,14). The summed E-state index contributed by atoms with van der Waals surface area (Å²) >= 11 is 4.66. The molecule has 2 heterocycles. The van der Waals surface area contributed by atoms with Crippen molar-refractivity contribution >= 4 is 43.7 Å². The van der Waals surface area contributed by atoms with Gasteiger partial charge in [0.15, 0.2) is 4.67 Å². The van der Waals surface area contributed by atoms with E-state index in [2.05, 4.69) is 15.9 Å². The summed E-state index contributed by atoms with van der Waals surface area (Å²) in [4.78, 5) is 10.7. The van der Waals surface area contributed by atoms with E-state index in [1.807, 2.05) is 6.92 Å². The number of sulfonamides is 1. The molecule has 9 heteroatoms. The van der Waals surface area contributed by atoms with Crippen LogP contribution < -0.4 is 0 Å². The third-order valence-corrected chi connectivity index (χ3v) is 6.82. The van der Waals surface area contributed by atoms with Crippen LogP contribution in [0.4, 0.5) is 0 Å². The van der Waals surface area contributed by atoms with Crippen LogP contribution in [-0.4, -0.2) is 47.9 Å². The zero-order chi connectivity index (χ0) is 14.2. The van der Waals surface area contributed by atoms with Crippen LogP contribution in [0, 0.1) is 0 Å². The molecule has 0 radical (unpaired) electrons. The maximum Gasteiger partial charge on any atom is 0.371 e. The van der Waals surface area contributed by atoms with Crippen molar-refractivity contribution < 1.29 is 22.7 Å². The average molecular weight is 370 g/mol. The monoisotopic (exact) mass is 369 g/mol. The summed E-state index contributed by atoms with van der Waals surface area (Å²) in [5.41, 5.74) is 0. The highest BCUT2D eigenvalue weighted by Crippen LogP contribution is 2.31. The van der Waals surface area contributed by atoms with Gasteiger partial charge in [0.1, 0.15) is 4.90 Å². The van der Waals surface area contributed by atoms with Gasteiger partial charge < -0.3 is 9.52 Å². The summed E-state index contributed by atoms with van der Waals surface area (Å²) in [5, 5.41) is 8.82. The summed E-state index contributed by atoms with van der Waals surface area (Å²) < 4.78 is 31.2. The maximum atomic E-state index is 12.5. The van der Waals surface area contributed by atoms with Gasteiger partial charge in [-0.15, -0.1) is 0 Å². The molecular weight excluding hydrogens is 358 g/mol. The van der Waals surface area contributed by atoms with Crippen molar-refractivity contribution in [3.63, 3.8) is 0 Å². The Balaban J connectivity index is 2.41. The summed E-state index contributed by atoms with van der Waals surface area (Å²) in [7, 11) is -3.74. The fourth-order valence-electron chi connectivity index (χ4n) is 1.83. The summed E-state index contributed by atoms with van der Waals surface area (Å²) in [6, 6.07) is 0.912. The van der Waals surface area contributed by atoms with Gasteiger partial charge in [-0.05, 0) is 22.9 Å². The summed E-state index contributed by atoms with van der Waals surface area (Å²) in [5.74, 6) is -0.250. The Bertz CT molecular complexity index is 597. The maximum absolute atomic E-state index is 12.5.